The van der Waals surface area contributed by atoms with Gasteiger partial charge in [0.2, 0.25) is 0 Å². The number of benzene rings is 2. The first-order chi connectivity index (χ1) is 18.8. The number of halogens is 6. The number of hydrogen-bond donors (Lipinski definition) is 0. The fourth-order valence-electron chi connectivity index (χ4n) is 6.76. The van der Waals surface area contributed by atoms with Crippen LogP contribution in [0.3, 0.4) is 0 Å². The first-order valence-electron chi connectivity index (χ1n) is 13.0. The van der Waals surface area contributed by atoms with Gasteiger partial charge in [-0.3, -0.25) is 0 Å². The van der Waals surface area contributed by atoms with E-state index in [1.54, 1.807) is 60.7 Å². The monoisotopic (exact) mass is 668 g/mol. The molecule has 16 heteroatoms. The Labute approximate surface area is 236 Å². The van der Waals surface area contributed by atoms with Gasteiger partial charge in [0.05, 0.1) is 0 Å². The summed E-state index contributed by atoms with van der Waals surface area (Å²) in [6.07, 6.45) is -0.861. The molecule has 0 spiro atoms. The third-order valence-corrected chi connectivity index (χ3v) is 25.5. The minimum atomic E-state index is -6.00. The minimum absolute atomic E-state index is 0.0317. The summed E-state index contributed by atoms with van der Waals surface area (Å²) in [5.41, 5.74) is -10.1. The molecule has 3 aliphatic rings. The standard InChI is InChI=1S/C25H32F6O6P2S2/c26-24(27,28)40(32,33)36-38(20-22-10-3-1-4-11-22)14-7-17-39(18-8-15-38,19-9-16-38,21-23-12-5-2-6-13-23)37-41(34,35)25(29,30)31/h1-6,10-13H,7-9,14-21H2. The second-order valence-corrected chi connectivity index (χ2v) is 26.0. The topological polar surface area (TPSA) is 86.7 Å². The molecule has 0 aromatic heterocycles. The van der Waals surface area contributed by atoms with Crippen molar-refractivity contribution in [1.29, 1.82) is 0 Å². The number of rotatable bonds is 8. The zero-order valence-electron chi connectivity index (χ0n) is 22.0. The van der Waals surface area contributed by atoms with Gasteiger partial charge in [0.15, 0.2) is 0 Å². The molecular weight excluding hydrogens is 636 g/mol. The van der Waals surface area contributed by atoms with Gasteiger partial charge < -0.3 is 0 Å². The molecule has 0 unspecified atom stereocenters. The van der Waals surface area contributed by atoms with E-state index >= 15 is 0 Å². The average Bonchev–Trinajstić information content (AvgIpc) is 2.81. The summed E-state index contributed by atoms with van der Waals surface area (Å²) >= 11 is 0. The normalized spacial score (nSPS) is 24.3. The molecule has 232 valence electrons. The van der Waals surface area contributed by atoms with Gasteiger partial charge in [0, 0.05) is 0 Å². The second-order valence-electron chi connectivity index (χ2n) is 11.4. The van der Waals surface area contributed by atoms with E-state index in [1.807, 2.05) is 0 Å². The molecule has 0 amide bonds. The van der Waals surface area contributed by atoms with Crippen LogP contribution in [0.4, 0.5) is 26.3 Å². The summed E-state index contributed by atoms with van der Waals surface area (Å²) < 4.78 is 143. The van der Waals surface area contributed by atoms with Crippen LogP contribution in [0.15, 0.2) is 60.7 Å². The van der Waals surface area contributed by atoms with Gasteiger partial charge in [-0.25, -0.2) is 0 Å². The Morgan fingerprint density at radius 2 is 0.805 bits per heavy atom. The van der Waals surface area contributed by atoms with E-state index in [2.05, 4.69) is 0 Å². The molecule has 41 heavy (non-hydrogen) atoms. The second kappa shape index (κ2) is 10.7. The molecule has 2 aromatic carbocycles. The van der Waals surface area contributed by atoms with Crippen LogP contribution in [-0.2, 0) is 40.5 Å². The van der Waals surface area contributed by atoms with Crippen molar-refractivity contribution in [2.24, 2.45) is 0 Å². The van der Waals surface area contributed by atoms with Crippen molar-refractivity contribution in [3.8, 4) is 0 Å². The zero-order valence-corrected chi connectivity index (χ0v) is 25.4. The van der Waals surface area contributed by atoms with Crippen molar-refractivity contribution in [2.75, 3.05) is 37.0 Å². The Kier molecular flexibility index (Phi) is 8.51. The van der Waals surface area contributed by atoms with Crippen molar-refractivity contribution >= 4 is 33.9 Å². The summed E-state index contributed by atoms with van der Waals surface area (Å²) in [6, 6.07) is 16.9. The molecule has 0 atom stereocenters. The Hall–Kier alpha value is -1.30. The van der Waals surface area contributed by atoms with Gasteiger partial charge in [0.1, 0.15) is 0 Å². The molecule has 2 aromatic rings. The molecule has 0 N–H and O–H groups in total. The van der Waals surface area contributed by atoms with E-state index in [0.717, 1.165) is 0 Å². The number of fused-ring (bicyclic) bond motifs is 6. The van der Waals surface area contributed by atoms with E-state index in [0.29, 0.717) is 11.1 Å². The third kappa shape index (κ3) is 6.63. The summed E-state index contributed by atoms with van der Waals surface area (Å²) in [6.45, 7) is -8.49. The number of hydrogen-bond acceptors (Lipinski definition) is 6. The quantitative estimate of drug-likeness (QED) is 0.167. The molecule has 6 nitrogen and oxygen atoms in total. The number of alkyl halides is 6. The van der Waals surface area contributed by atoms with Crippen molar-refractivity contribution in [2.45, 2.75) is 42.6 Å². The predicted molar refractivity (Wildman–Crippen MR) is 149 cm³/mol. The molecule has 3 heterocycles. The van der Waals surface area contributed by atoms with Crippen molar-refractivity contribution in [3.05, 3.63) is 71.8 Å². The molecule has 0 saturated carbocycles. The van der Waals surface area contributed by atoms with E-state index in [-0.39, 0.29) is 68.6 Å². The maximum atomic E-state index is 13.7. The van der Waals surface area contributed by atoms with Crippen LogP contribution in [-0.4, -0.2) is 64.8 Å². The summed E-state index contributed by atoms with van der Waals surface area (Å²) in [5, 5.41) is 0. The molecule has 3 aliphatic heterocycles. The summed E-state index contributed by atoms with van der Waals surface area (Å²) in [7, 11) is -12.0. The molecule has 0 radical (unpaired) electrons. The van der Waals surface area contributed by atoms with Gasteiger partial charge >= 0.3 is 236 Å². The molecular formula is C25H32F6O6P2S2. The zero-order chi connectivity index (χ0) is 30.3. The van der Waals surface area contributed by atoms with Crippen LogP contribution < -0.4 is 0 Å². The summed E-state index contributed by atoms with van der Waals surface area (Å²) in [4.78, 5) is 0. The van der Waals surface area contributed by atoms with Crippen molar-refractivity contribution in [1.82, 2.24) is 0 Å². The van der Waals surface area contributed by atoms with Gasteiger partial charge in [-0.05, 0) is 0 Å². The molecule has 3 saturated heterocycles. The predicted octanol–water partition coefficient (Wildman–Crippen LogP) is 7.25. The maximum absolute atomic E-state index is 13.7. The third-order valence-electron chi connectivity index (χ3n) is 8.38. The van der Waals surface area contributed by atoms with Crippen LogP contribution >= 0.6 is 13.7 Å². The average molecular weight is 669 g/mol. The van der Waals surface area contributed by atoms with Gasteiger partial charge in [0.25, 0.3) is 0 Å². The Bertz CT molecular complexity index is 1320. The first-order valence-corrected chi connectivity index (χ1v) is 21.6. The fourth-order valence-corrected chi connectivity index (χ4v) is 25.1. The Morgan fingerprint density at radius 3 is 1.05 bits per heavy atom. The van der Waals surface area contributed by atoms with Crippen LogP contribution in [0.5, 0.6) is 0 Å². The van der Waals surface area contributed by atoms with Crippen LogP contribution in [0.2, 0.25) is 0 Å². The van der Waals surface area contributed by atoms with Crippen molar-refractivity contribution in [3.63, 3.8) is 0 Å². The van der Waals surface area contributed by atoms with E-state index < -0.39 is 44.9 Å². The molecule has 3 fully saturated rings. The molecule has 2 bridgehead atoms. The fraction of sp³-hybridized carbons (Fsp3) is 0.520. The van der Waals surface area contributed by atoms with Crippen LogP contribution in [0, 0.1) is 0 Å². The SMILES string of the molecule is O=S(=O)(OP12(Cc3ccccc3)CCCP(Cc3ccccc3)(OS(=O)(=O)C(F)(F)F)(CCC1)CCC2)C(F)(F)F. The van der Waals surface area contributed by atoms with Crippen molar-refractivity contribution < 1.29 is 51.1 Å². The molecule has 0 aliphatic carbocycles. The molecule has 5 rings (SSSR count). The van der Waals surface area contributed by atoms with Crippen LogP contribution in [0.25, 0.3) is 0 Å². The Balaban J connectivity index is 1.83. The van der Waals surface area contributed by atoms with Crippen LogP contribution in [0.1, 0.15) is 30.4 Å². The van der Waals surface area contributed by atoms with E-state index in [9.17, 15) is 43.2 Å². The van der Waals surface area contributed by atoms with Gasteiger partial charge in [-0.1, -0.05) is 0 Å². The first kappa shape index (κ1) is 32.6. The van der Waals surface area contributed by atoms with E-state index in [4.69, 9.17) is 7.94 Å². The van der Waals surface area contributed by atoms with E-state index in [1.165, 1.54) is 0 Å². The van der Waals surface area contributed by atoms with Gasteiger partial charge in [-0.15, -0.1) is 0 Å². The van der Waals surface area contributed by atoms with Gasteiger partial charge in [-0.2, -0.15) is 0 Å². The Morgan fingerprint density at radius 1 is 0.537 bits per heavy atom. The summed E-state index contributed by atoms with van der Waals surface area (Å²) in [5.74, 6) is 0.